The van der Waals surface area contributed by atoms with Gasteiger partial charge in [-0.1, -0.05) is 11.6 Å². The molecular weight excluding hydrogens is 330 g/mol. The van der Waals surface area contributed by atoms with E-state index in [2.05, 4.69) is 10.1 Å². The average molecular weight is 364 g/mol. The lowest BCUT2D eigenvalue weighted by Crippen LogP contribution is -2.53. The van der Waals surface area contributed by atoms with Crippen molar-refractivity contribution in [1.29, 1.82) is 0 Å². The SMILES string of the molecule is Cc1noc(C)c1CN1CCCC[C@H]1[C@H]1CCCN1C(=O)OC(C)(C)C. The second-order valence-corrected chi connectivity index (χ2v) is 8.72. The molecule has 0 bridgehead atoms. The van der Waals surface area contributed by atoms with Gasteiger partial charge in [-0.2, -0.15) is 0 Å². The minimum Gasteiger partial charge on any atom is -0.444 e. The van der Waals surface area contributed by atoms with E-state index in [1.165, 1.54) is 18.4 Å². The van der Waals surface area contributed by atoms with Gasteiger partial charge >= 0.3 is 6.09 Å². The Balaban J connectivity index is 1.75. The molecule has 1 aromatic rings. The third kappa shape index (κ3) is 4.22. The van der Waals surface area contributed by atoms with Gasteiger partial charge in [0.1, 0.15) is 11.4 Å². The van der Waals surface area contributed by atoms with Gasteiger partial charge in [-0.15, -0.1) is 0 Å². The molecule has 0 aromatic carbocycles. The number of carbonyl (C=O) groups excluding carboxylic acids is 1. The summed E-state index contributed by atoms with van der Waals surface area (Å²) in [6, 6.07) is 0.623. The zero-order valence-electron chi connectivity index (χ0n) is 16.9. The van der Waals surface area contributed by atoms with Crippen LogP contribution in [0.4, 0.5) is 4.79 Å². The first-order valence-corrected chi connectivity index (χ1v) is 9.91. The molecule has 2 fully saturated rings. The Morgan fingerprint density at radius 2 is 1.88 bits per heavy atom. The van der Waals surface area contributed by atoms with Crippen molar-refractivity contribution in [2.45, 2.75) is 91.0 Å². The predicted molar refractivity (Wildman–Crippen MR) is 100.0 cm³/mol. The molecule has 0 spiro atoms. The lowest BCUT2D eigenvalue weighted by molar-refractivity contribution is 0.00633. The van der Waals surface area contributed by atoms with Gasteiger partial charge in [-0.25, -0.2) is 4.79 Å². The van der Waals surface area contributed by atoms with Crippen LogP contribution in [0.5, 0.6) is 0 Å². The summed E-state index contributed by atoms with van der Waals surface area (Å²) in [7, 11) is 0. The third-order valence-corrected chi connectivity index (χ3v) is 5.58. The number of amides is 1. The van der Waals surface area contributed by atoms with Crippen molar-refractivity contribution >= 4 is 6.09 Å². The van der Waals surface area contributed by atoms with Crippen molar-refractivity contribution in [1.82, 2.24) is 15.0 Å². The van der Waals surface area contributed by atoms with Gasteiger partial charge in [0.25, 0.3) is 0 Å². The largest absolute Gasteiger partial charge is 0.444 e. The van der Waals surface area contributed by atoms with Crippen molar-refractivity contribution in [2.75, 3.05) is 13.1 Å². The third-order valence-electron chi connectivity index (χ3n) is 5.58. The van der Waals surface area contributed by atoms with E-state index in [-0.39, 0.29) is 12.1 Å². The Hall–Kier alpha value is -1.56. The molecule has 2 saturated heterocycles. The fourth-order valence-electron chi connectivity index (χ4n) is 4.32. The van der Waals surface area contributed by atoms with Crippen LogP contribution in [0.2, 0.25) is 0 Å². The minimum absolute atomic E-state index is 0.164. The minimum atomic E-state index is -0.451. The number of nitrogens with zero attached hydrogens (tertiary/aromatic N) is 3. The van der Waals surface area contributed by atoms with Gasteiger partial charge in [0.05, 0.1) is 11.7 Å². The van der Waals surface area contributed by atoms with E-state index in [1.807, 2.05) is 39.5 Å². The number of hydrogen-bond donors (Lipinski definition) is 0. The molecule has 3 rings (SSSR count). The molecule has 6 nitrogen and oxygen atoms in total. The van der Waals surface area contributed by atoms with E-state index >= 15 is 0 Å². The Morgan fingerprint density at radius 3 is 2.54 bits per heavy atom. The highest BCUT2D eigenvalue weighted by Crippen LogP contribution is 2.32. The van der Waals surface area contributed by atoms with Crippen molar-refractivity contribution in [2.24, 2.45) is 0 Å². The molecule has 0 aliphatic carbocycles. The predicted octanol–water partition coefficient (Wildman–Crippen LogP) is 4.05. The molecule has 0 unspecified atom stereocenters. The van der Waals surface area contributed by atoms with Gasteiger partial charge in [0.15, 0.2) is 0 Å². The standard InChI is InChI=1S/C20H33N3O3/c1-14-16(15(2)26-21-14)13-22-11-7-6-9-17(22)18-10-8-12-23(18)19(24)25-20(3,4)5/h17-18H,6-13H2,1-5H3/t17-,18+/m0/s1. The number of piperidine rings is 1. The second-order valence-electron chi connectivity index (χ2n) is 8.72. The molecule has 1 aromatic heterocycles. The zero-order valence-corrected chi connectivity index (χ0v) is 16.9. The Kier molecular flexibility index (Phi) is 5.61. The first-order chi connectivity index (χ1) is 12.3. The maximum atomic E-state index is 12.7. The molecule has 0 radical (unpaired) electrons. The molecule has 3 heterocycles. The summed E-state index contributed by atoms with van der Waals surface area (Å²) >= 11 is 0. The summed E-state index contributed by atoms with van der Waals surface area (Å²) in [5.74, 6) is 0.905. The van der Waals surface area contributed by atoms with Gasteiger partial charge in [-0.3, -0.25) is 4.90 Å². The highest BCUT2D eigenvalue weighted by atomic mass is 16.6. The molecule has 6 heteroatoms. The lowest BCUT2D eigenvalue weighted by atomic mass is 9.93. The molecule has 26 heavy (non-hydrogen) atoms. The molecule has 1 amide bonds. The summed E-state index contributed by atoms with van der Waals surface area (Å²) in [6.07, 6.45) is 5.51. The molecule has 0 N–H and O–H groups in total. The number of carbonyl (C=O) groups is 1. The van der Waals surface area contributed by atoms with E-state index in [4.69, 9.17) is 9.26 Å². The van der Waals surface area contributed by atoms with Crippen LogP contribution in [0.3, 0.4) is 0 Å². The summed E-state index contributed by atoms with van der Waals surface area (Å²) in [5, 5.41) is 4.10. The fraction of sp³-hybridized carbons (Fsp3) is 0.800. The van der Waals surface area contributed by atoms with E-state index in [9.17, 15) is 4.79 Å². The maximum absolute atomic E-state index is 12.7. The molecule has 2 aliphatic heterocycles. The monoisotopic (exact) mass is 363 g/mol. The van der Waals surface area contributed by atoms with E-state index in [0.29, 0.717) is 6.04 Å². The molecule has 2 atom stereocenters. The Bertz CT molecular complexity index is 615. The van der Waals surface area contributed by atoms with Crippen LogP contribution in [0, 0.1) is 13.8 Å². The first kappa shape index (κ1) is 19.2. The van der Waals surface area contributed by atoms with Crippen LogP contribution in [0.15, 0.2) is 4.52 Å². The number of hydrogen-bond acceptors (Lipinski definition) is 5. The number of aromatic nitrogens is 1. The van der Waals surface area contributed by atoms with Crippen molar-refractivity contribution in [3.05, 3.63) is 17.0 Å². The molecular formula is C20H33N3O3. The summed E-state index contributed by atoms with van der Waals surface area (Å²) in [4.78, 5) is 17.2. The Labute approximate surface area is 156 Å². The van der Waals surface area contributed by atoms with Gasteiger partial charge < -0.3 is 14.2 Å². The van der Waals surface area contributed by atoms with Crippen molar-refractivity contribution < 1.29 is 14.1 Å². The molecule has 2 aliphatic rings. The number of aryl methyl sites for hydroxylation is 2. The smallest absolute Gasteiger partial charge is 0.410 e. The highest BCUT2D eigenvalue weighted by Gasteiger charge is 2.40. The normalized spacial score (nSPS) is 24.9. The van der Waals surface area contributed by atoms with Gasteiger partial charge in [0, 0.05) is 24.7 Å². The highest BCUT2D eigenvalue weighted by molar-refractivity contribution is 5.69. The van der Waals surface area contributed by atoms with Crippen LogP contribution in [0.25, 0.3) is 0 Å². The second kappa shape index (κ2) is 7.59. The van der Waals surface area contributed by atoms with Crippen LogP contribution < -0.4 is 0 Å². The van der Waals surface area contributed by atoms with Gasteiger partial charge in [-0.05, 0) is 66.8 Å². The average Bonchev–Trinajstić information content (AvgIpc) is 3.16. The van der Waals surface area contributed by atoms with E-state index in [0.717, 1.165) is 50.4 Å². The number of rotatable bonds is 3. The quantitative estimate of drug-likeness (QED) is 0.811. The number of likely N-dealkylation sites (tertiary alicyclic amines) is 2. The van der Waals surface area contributed by atoms with Crippen LogP contribution in [0.1, 0.15) is 69.9 Å². The van der Waals surface area contributed by atoms with Crippen LogP contribution in [-0.4, -0.2) is 51.8 Å². The maximum Gasteiger partial charge on any atom is 0.410 e. The summed E-state index contributed by atoms with van der Waals surface area (Å²) in [6.45, 7) is 12.5. The molecule has 0 saturated carbocycles. The van der Waals surface area contributed by atoms with Crippen LogP contribution >= 0.6 is 0 Å². The summed E-state index contributed by atoms with van der Waals surface area (Å²) < 4.78 is 11.0. The van der Waals surface area contributed by atoms with E-state index in [1.54, 1.807) is 0 Å². The summed E-state index contributed by atoms with van der Waals surface area (Å²) in [5.41, 5.74) is 1.72. The van der Waals surface area contributed by atoms with Gasteiger partial charge in [0.2, 0.25) is 0 Å². The first-order valence-electron chi connectivity index (χ1n) is 9.91. The van der Waals surface area contributed by atoms with Crippen molar-refractivity contribution in [3.8, 4) is 0 Å². The van der Waals surface area contributed by atoms with E-state index < -0.39 is 5.60 Å². The van der Waals surface area contributed by atoms with Crippen molar-refractivity contribution in [3.63, 3.8) is 0 Å². The zero-order chi connectivity index (χ0) is 18.9. The Morgan fingerprint density at radius 1 is 1.15 bits per heavy atom. The molecule has 146 valence electrons. The topological polar surface area (TPSA) is 58.8 Å². The lowest BCUT2D eigenvalue weighted by Gasteiger charge is -2.42. The van der Waals surface area contributed by atoms with Crippen LogP contribution in [-0.2, 0) is 11.3 Å². The number of ether oxygens (including phenoxy) is 1. The fourth-order valence-corrected chi connectivity index (χ4v) is 4.32.